The van der Waals surface area contributed by atoms with Crippen LogP contribution in [0.25, 0.3) is 11.4 Å². The summed E-state index contributed by atoms with van der Waals surface area (Å²) in [7, 11) is 0. The van der Waals surface area contributed by atoms with Gasteiger partial charge in [-0.05, 0) is 47.4 Å². The molecule has 0 radical (unpaired) electrons. The Kier molecular flexibility index (Phi) is 3.80. The molecule has 0 spiro atoms. The molecule has 0 amide bonds. The first-order chi connectivity index (χ1) is 9.65. The van der Waals surface area contributed by atoms with Gasteiger partial charge in [0.25, 0.3) is 0 Å². The molecule has 1 aliphatic heterocycles. The van der Waals surface area contributed by atoms with Crippen molar-refractivity contribution in [2.75, 3.05) is 6.54 Å². The van der Waals surface area contributed by atoms with Crippen molar-refractivity contribution >= 4 is 15.9 Å². The highest BCUT2D eigenvalue weighted by Crippen LogP contribution is 2.30. The Bertz CT molecular complexity index is 626. The Morgan fingerprint density at radius 1 is 1.40 bits per heavy atom. The molecule has 1 aromatic heterocycles. The van der Waals surface area contributed by atoms with Crippen molar-refractivity contribution in [3.05, 3.63) is 34.1 Å². The van der Waals surface area contributed by atoms with Gasteiger partial charge >= 0.3 is 0 Å². The zero-order valence-electron chi connectivity index (χ0n) is 10.5. The van der Waals surface area contributed by atoms with Crippen molar-refractivity contribution in [1.82, 2.24) is 15.5 Å². The van der Waals surface area contributed by atoms with Gasteiger partial charge in [0, 0.05) is 18.0 Å². The maximum Gasteiger partial charge on any atom is 0.228 e. The largest absolute Gasteiger partial charge is 0.339 e. The average molecular weight is 344 g/mol. The van der Waals surface area contributed by atoms with E-state index in [0.717, 1.165) is 25.5 Å². The summed E-state index contributed by atoms with van der Waals surface area (Å²) < 4.78 is 31.7. The van der Waals surface area contributed by atoms with Gasteiger partial charge in [-0.1, -0.05) is 5.16 Å². The minimum absolute atomic E-state index is 0.00356. The smallest absolute Gasteiger partial charge is 0.228 e. The second-order valence-electron chi connectivity index (χ2n) is 4.73. The summed E-state index contributed by atoms with van der Waals surface area (Å²) in [6, 6.07) is 2.81. The fourth-order valence-electron chi connectivity index (χ4n) is 2.29. The van der Waals surface area contributed by atoms with Crippen molar-refractivity contribution in [2.45, 2.75) is 25.3 Å². The summed E-state index contributed by atoms with van der Waals surface area (Å²) in [6.07, 6.45) is 2.86. The third kappa shape index (κ3) is 2.60. The molecule has 1 aromatic carbocycles. The molecular formula is C13H12BrF2N3O. The summed E-state index contributed by atoms with van der Waals surface area (Å²) in [5.74, 6) is -1.12. The van der Waals surface area contributed by atoms with E-state index in [9.17, 15) is 8.78 Å². The second kappa shape index (κ2) is 5.57. The minimum Gasteiger partial charge on any atom is -0.339 e. The Morgan fingerprint density at radius 2 is 2.25 bits per heavy atom. The number of hydrogen-bond acceptors (Lipinski definition) is 4. The van der Waals surface area contributed by atoms with E-state index in [1.165, 1.54) is 6.07 Å². The van der Waals surface area contributed by atoms with Crippen LogP contribution in [0.1, 0.15) is 18.7 Å². The van der Waals surface area contributed by atoms with Gasteiger partial charge in [-0.25, -0.2) is 8.78 Å². The van der Waals surface area contributed by atoms with E-state index in [0.29, 0.717) is 23.9 Å². The maximum atomic E-state index is 13.5. The number of rotatable bonds is 3. The number of aromatic nitrogens is 2. The van der Waals surface area contributed by atoms with Gasteiger partial charge in [-0.2, -0.15) is 4.98 Å². The Labute approximate surface area is 122 Å². The van der Waals surface area contributed by atoms with Crippen molar-refractivity contribution < 1.29 is 13.3 Å². The zero-order chi connectivity index (χ0) is 14.1. The predicted molar refractivity (Wildman–Crippen MR) is 72.1 cm³/mol. The Hall–Kier alpha value is -1.34. The first-order valence-electron chi connectivity index (χ1n) is 6.35. The fraction of sp³-hybridized carbons (Fsp3) is 0.385. The van der Waals surface area contributed by atoms with Gasteiger partial charge < -0.3 is 9.84 Å². The lowest BCUT2D eigenvalue weighted by atomic mass is 10.1. The van der Waals surface area contributed by atoms with Crippen molar-refractivity contribution in [1.29, 1.82) is 0 Å². The quantitative estimate of drug-likeness (QED) is 0.870. The lowest BCUT2D eigenvalue weighted by Crippen LogP contribution is -2.23. The molecule has 0 aliphatic carbocycles. The molecule has 1 aliphatic rings. The SMILES string of the molecule is Fc1ccc(-c2noc(CC3CCCN3)n2)c(Br)c1F. The molecule has 1 saturated heterocycles. The summed E-state index contributed by atoms with van der Waals surface area (Å²) in [6.45, 7) is 1.00. The molecule has 1 atom stereocenters. The third-order valence-electron chi connectivity index (χ3n) is 3.33. The van der Waals surface area contributed by atoms with Crippen LogP contribution in [0.15, 0.2) is 21.1 Å². The van der Waals surface area contributed by atoms with Crippen LogP contribution in [0, 0.1) is 11.6 Å². The van der Waals surface area contributed by atoms with E-state index in [1.807, 2.05) is 0 Å². The molecule has 1 N–H and O–H groups in total. The standard InChI is InChI=1S/C13H12BrF2N3O/c14-11-8(3-4-9(15)12(11)16)13-18-10(20-19-13)6-7-2-1-5-17-7/h3-4,7,17H,1-2,5-6H2. The highest BCUT2D eigenvalue weighted by molar-refractivity contribution is 9.10. The van der Waals surface area contributed by atoms with E-state index in [4.69, 9.17) is 4.52 Å². The monoisotopic (exact) mass is 343 g/mol. The van der Waals surface area contributed by atoms with E-state index in [1.54, 1.807) is 0 Å². The van der Waals surface area contributed by atoms with Crippen molar-refractivity contribution in [3.8, 4) is 11.4 Å². The summed E-state index contributed by atoms with van der Waals surface area (Å²) in [4.78, 5) is 4.24. The molecule has 2 heterocycles. The molecule has 3 rings (SSSR count). The maximum absolute atomic E-state index is 13.5. The normalized spacial score (nSPS) is 18.6. The van der Waals surface area contributed by atoms with Gasteiger partial charge in [0.1, 0.15) is 0 Å². The van der Waals surface area contributed by atoms with Crippen LogP contribution in [0.4, 0.5) is 8.78 Å². The summed E-state index contributed by atoms with van der Waals surface area (Å²) in [5, 5.41) is 7.16. The van der Waals surface area contributed by atoms with Crippen LogP contribution in [-0.2, 0) is 6.42 Å². The molecule has 1 fully saturated rings. The van der Waals surface area contributed by atoms with Crippen molar-refractivity contribution in [3.63, 3.8) is 0 Å². The highest BCUT2D eigenvalue weighted by Gasteiger charge is 2.20. The third-order valence-corrected chi connectivity index (χ3v) is 4.10. The zero-order valence-corrected chi connectivity index (χ0v) is 12.1. The van der Waals surface area contributed by atoms with Gasteiger partial charge in [-0.3, -0.25) is 0 Å². The van der Waals surface area contributed by atoms with Crippen LogP contribution < -0.4 is 5.32 Å². The lowest BCUT2D eigenvalue weighted by molar-refractivity contribution is 0.364. The van der Waals surface area contributed by atoms with Crippen LogP contribution in [0.3, 0.4) is 0 Å². The number of benzene rings is 1. The van der Waals surface area contributed by atoms with Crippen LogP contribution in [0.2, 0.25) is 0 Å². The second-order valence-corrected chi connectivity index (χ2v) is 5.53. The van der Waals surface area contributed by atoms with E-state index in [-0.39, 0.29) is 10.3 Å². The number of hydrogen-bond donors (Lipinski definition) is 1. The van der Waals surface area contributed by atoms with Crippen LogP contribution in [0.5, 0.6) is 0 Å². The Balaban J connectivity index is 1.84. The minimum atomic E-state index is -0.952. The molecule has 0 bridgehead atoms. The predicted octanol–water partition coefficient (Wildman–Crippen LogP) is 3.07. The molecule has 106 valence electrons. The van der Waals surface area contributed by atoms with Crippen molar-refractivity contribution in [2.24, 2.45) is 0 Å². The molecule has 20 heavy (non-hydrogen) atoms. The van der Waals surface area contributed by atoms with Gasteiger partial charge in [0.15, 0.2) is 11.6 Å². The van der Waals surface area contributed by atoms with Gasteiger partial charge in [0.2, 0.25) is 11.7 Å². The Morgan fingerprint density at radius 3 is 3.00 bits per heavy atom. The number of nitrogens with zero attached hydrogens (tertiary/aromatic N) is 2. The van der Waals surface area contributed by atoms with Gasteiger partial charge in [0.05, 0.1) is 4.47 Å². The van der Waals surface area contributed by atoms with E-state index >= 15 is 0 Å². The van der Waals surface area contributed by atoms with E-state index < -0.39 is 11.6 Å². The molecule has 7 heteroatoms. The fourth-order valence-corrected chi connectivity index (χ4v) is 2.79. The number of nitrogens with one attached hydrogen (secondary N) is 1. The van der Waals surface area contributed by atoms with Crippen LogP contribution in [-0.4, -0.2) is 22.7 Å². The highest BCUT2D eigenvalue weighted by atomic mass is 79.9. The molecule has 1 unspecified atom stereocenters. The first kappa shape index (κ1) is 13.6. The first-order valence-corrected chi connectivity index (χ1v) is 7.14. The van der Waals surface area contributed by atoms with Crippen LogP contribution >= 0.6 is 15.9 Å². The molecule has 4 nitrogen and oxygen atoms in total. The van der Waals surface area contributed by atoms with E-state index in [2.05, 4.69) is 31.4 Å². The molecule has 2 aromatic rings. The summed E-state index contributed by atoms with van der Waals surface area (Å²) >= 11 is 3.02. The number of halogens is 3. The topological polar surface area (TPSA) is 51.0 Å². The molecule has 0 saturated carbocycles. The summed E-state index contributed by atoms with van der Waals surface area (Å²) in [5.41, 5.74) is 0.373. The lowest BCUT2D eigenvalue weighted by Gasteiger charge is -2.04. The molecular weight excluding hydrogens is 332 g/mol. The van der Waals surface area contributed by atoms with Gasteiger partial charge in [-0.15, -0.1) is 0 Å². The average Bonchev–Trinajstić information content (AvgIpc) is 3.09.